The summed E-state index contributed by atoms with van der Waals surface area (Å²) >= 11 is 0. The quantitative estimate of drug-likeness (QED) is 0.561. The van der Waals surface area contributed by atoms with Crippen molar-refractivity contribution in [3.05, 3.63) is 0 Å². The molecule has 0 spiro atoms. The van der Waals surface area contributed by atoms with E-state index in [-0.39, 0.29) is 12.5 Å². The molecule has 18 heavy (non-hydrogen) atoms. The third-order valence-corrected chi connectivity index (χ3v) is 2.54. The maximum absolute atomic E-state index is 11.7. The first kappa shape index (κ1) is 17.4. The molecular formula is C13H28N2O3. The summed E-state index contributed by atoms with van der Waals surface area (Å²) in [5.41, 5.74) is 0. The predicted octanol–water partition coefficient (Wildman–Crippen LogP) is 0.478. The number of rotatable bonds is 10. The van der Waals surface area contributed by atoms with Gasteiger partial charge in [-0.25, -0.2) is 0 Å². The molecule has 0 aliphatic carbocycles. The van der Waals surface area contributed by atoms with E-state index < -0.39 is 0 Å². The Balaban J connectivity index is 3.91. The van der Waals surface area contributed by atoms with Crippen LogP contribution in [0.25, 0.3) is 0 Å². The predicted molar refractivity (Wildman–Crippen MR) is 72.5 cm³/mol. The number of nitrogens with zero attached hydrogens (tertiary/aromatic N) is 1. The van der Waals surface area contributed by atoms with E-state index in [1.165, 1.54) is 0 Å². The van der Waals surface area contributed by atoms with Crippen molar-refractivity contribution in [3.8, 4) is 0 Å². The van der Waals surface area contributed by atoms with E-state index in [2.05, 4.69) is 37.9 Å². The molecule has 0 aromatic rings. The molecule has 0 radical (unpaired) electrons. The number of aliphatic hydroxyl groups is 1. The Labute approximate surface area is 110 Å². The lowest BCUT2D eigenvalue weighted by Crippen LogP contribution is -2.43. The van der Waals surface area contributed by atoms with Crippen LogP contribution in [0.2, 0.25) is 0 Å². The molecule has 108 valence electrons. The minimum Gasteiger partial charge on any atom is -0.394 e. The lowest BCUT2D eigenvalue weighted by atomic mass is 10.2. The van der Waals surface area contributed by atoms with Gasteiger partial charge in [-0.2, -0.15) is 0 Å². The molecule has 0 aliphatic rings. The monoisotopic (exact) mass is 260 g/mol. The molecule has 0 rings (SSSR count). The summed E-state index contributed by atoms with van der Waals surface area (Å²) in [7, 11) is 0. The van der Waals surface area contributed by atoms with Gasteiger partial charge >= 0.3 is 0 Å². The van der Waals surface area contributed by atoms with E-state index >= 15 is 0 Å². The van der Waals surface area contributed by atoms with Gasteiger partial charge in [0.25, 0.3) is 0 Å². The van der Waals surface area contributed by atoms with Gasteiger partial charge in [-0.3, -0.25) is 9.69 Å². The smallest absolute Gasteiger partial charge is 0.234 e. The van der Waals surface area contributed by atoms with Gasteiger partial charge in [0.1, 0.15) is 0 Å². The van der Waals surface area contributed by atoms with Crippen LogP contribution in [0.3, 0.4) is 0 Å². The Morgan fingerprint density at radius 1 is 1.28 bits per heavy atom. The summed E-state index contributed by atoms with van der Waals surface area (Å²) in [5.74, 6) is 0.522. The van der Waals surface area contributed by atoms with Crippen molar-refractivity contribution >= 4 is 5.91 Å². The topological polar surface area (TPSA) is 61.8 Å². The van der Waals surface area contributed by atoms with Crippen LogP contribution < -0.4 is 5.32 Å². The Bertz CT molecular complexity index is 220. The SMILES string of the molecule is CC(C)CNC(=O)CN(CCOCCO)C(C)C. The molecule has 2 N–H and O–H groups in total. The van der Waals surface area contributed by atoms with Crippen LogP contribution in [0.5, 0.6) is 0 Å². The molecule has 0 aromatic carbocycles. The Morgan fingerprint density at radius 3 is 2.44 bits per heavy atom. The molecule has 0 fully saturated rings. The average molecular weight is 260 g/mol. The molecule has 0 saturated carbocycles. The fraction of sp³-hybridized carbons (Fsp3) is 0.923. The fourth-order valence-corrected chi connectivity index (χ4v) is 1.43. The number of amides is 1. The highest BCUT2D eigenvalue weighted by Crippen LogP contribution is 1.98. The van der Waals surface area contributed by atoms with Crippen LogP contribution in [0.15, 0.2) is 0 Å². The van der Waals surface area contributed by atoms with Crippen LogP contribution in [-0.4, -0.2) is 61.4 Å². The second-order valence-corrected chi connectivity index (χ2v) is 5.10. The Morgan fingerprint density at radius 2 is 1.94 bits per heavy atom. The Kier molecular flexibility index (Phi) is 9.92. The van der Waals surface area contributed by atoms with Crippen LogP contribution in [0.4, 0.5) is 0 Å². The molecule has 0 aliphatic heterocycles. The standard InChI is InChI=1S/C13H28N2O3/c1-11(2)9-14-13(17)10-15(12(3)4)5-7-18-8-6-16/h11-12,16H,5-10H2,1-4H3,(H,14,17). The summed E-state index contributed by atoms with van der Waals surface area (Å²) in [6.07, 6.45) is 0. The number of nitrogens with one attached hydrogen (secondary N) is 1. The van der Waals surface area contributed by atoms with E-state index in [0.29, 0.717) is 44.8 Å². The molecular weight excluding hydrogens is 232 g/mol. The summed E-state index contributed by atoms with van der Waals surface area (Å²) in [5, 5.41) is 11.5. The summed E-state index contributed by atoms with van der Waals surface area (Å²) < 4.78 is 5.22. The van der Waals surface area contributed by atoms with Gasteiger partial charge in [0.2, 0.25) is 5.91 Å². The van der Waals surface area contributed by atoms with E-state index in [9.17, 15) is 4.79 Å². The van der Waals surface area contributed by atoms with Gasteiger partial charge in [-0.05, 0) is 19.8 Å². The van der Waals surface area contributed by atoms with E-state index in [4.69, 9.17) is 9.84 Å². The highest BCUT2D eigenvalue weighted by Gasteiger charge is 2.13. The number of hydrogen-bond donors (Lipinski definition) is 2. The number of hydrogen-bond acceptors (Lipinski definition) is 4. The highest BCUT2D eigenvalue weighted by atomic mass is 16.5. The zero-order valence-corrected chi connectivity index (χ0v) is 12.1. The highest BCUT2D eigenvalue weighted by molar-refractivity contribution is 5.78. The molecule has 0 bridgehead atoms. The third kappa shape index (κ3) is 9.39. The zero-order chi connectivity index (χ0) is 14.0. The lowest BCUT2D eigenvalue weighted by Gasteiger charge is -2.25. The molecule has 5 nitrogen and oxygen atoms in total. The van der Waals surface area contributed by atoms with Crippen LogP contribution in [0, 0.1) is 5.92 Å². The first-order valence-electron chi connectivity index (χ1n) is 6.66. The van der Waals surface area contributed by atoms with E-state index in [0.717, 1.165) is 0 Å². The molecule has 0 saturated heterocycles. The molecule has 0 atom stereocenters. The molecule has 1 amide bonds. The average Bonchev–Trinajstić information content (AvgIpc) is 2.30. The van der Waals surface area contributed by atoms with Crippen molar-refractivity contribution in [2.24, 2.45) is 5.92 Å². The van der Waals surface area contributed by atoms with Gasteiger partial charge in [-0.1, -0.05) is 13.8 Å². The Hall–Kier alpha value is -0.650. The summed E-state index contributed by atoms with van der Waals surface area (Å²) in [6.45, 7) is 11.0. The van der Waals surface area contributed by atoms with Gasteiger partial charge in [-0.15, -0.1) is 0 Å². The van der Waals surface area contributed by atoms with E-state index in [1.54, 1.807) is 0 Å². The van der Waals surface area contributed by atoms with Crippen molar-refractivity contribution in [1.82, 2.24) is 10.2 Å². The van der Waals surface area contributed by atoms with Crippen molar-refractivity contribution < 1.29 is 14.6 Å². The van der Waals surface area contributed by atoms with Gasteiger partial charge < -0.3 is 15.2 Å². The van der Waals surface area contributed by atoms with E-state index in [1.807, 2.05) is 0 Å². The number of carbonyl (C=O) groups is 1. The fourth-order valence-electron chi connectivity index (χ4n) is 1.43. The number of aliphatic hydroxyl groups excluding tert-OH is 1. The van der Waals surface area contributed by atoms with Crippen LogP contribution in [0.1, 0.15) is 27.7 Å². The molecule has 5 heteroatoms. The maximum Gasteiger partial charge on any atom is 0.234 e. The maximum atomic E-state index is 11.7. The molecule has 0 heterocycles. The third-order valence-electron chi connectivity index (χ3n) is 2.54. The minimum absolute atomic E-state index is 0.0382. The number of ether oxygens (including phenoxy) is 1. The van der Waals surface area contributed by atoms with Crippen molar-refractivity contribution in [2.75, 3.05) is 39.5 Å². The van der Waals surface area contributed by atoms with Crippen LogP contribution >= 0.6 is 0 Å². The number of carbonyl (C=O) groups excluding carboxylic acids is 1. The summed E-state index contributed by atoms with van der Waals surface area (Å²) in [6, 6.07) is 0.299. The first-order valence-corrected chi connectivity index (χ1v) is 6.66. The van der Waals surface area contributed by atoms with Gasteiger partial charge in [0, 0.05) is 19.1 Å². The van der Waals surface area contributed by atoms with Crippen molar-refractivity contribution in [2.45, 2.75) is 33.7 Å². The van der Waals surface area contributed by atoms with Gasteiger partial charge in [0.15, 0.2) is 0 Å². The minimum atomic E-state index is 0.0382. The second kappa shape index (κ2) is 10.3. The lowest BCUT2D eigenvalue weighted by molar-refractivity contribution is -0.123. The first-order chi connectivity index (χ1) is 8.47. The zero-order valence-electron chi connectivity index (χ0n) is 12.1. The normalized spacial score (nSPS) is 11.6. The van der Waals surface area contributed by atoms with Gasteiger partial charge in [0.05, 0.1) is 26.4 Å². The largest absolute Gasteiger partial charge is 0.394 e. The summed E-state index contributed by atoms with van der Waals surface area (Å²) in [4.78, 5) is 13.8. The second-order valence-electron chi connectivity index (χ2n) is 5.10. The molecule has 0 aromatic heterocycles. The van der Waals surface area contributed by atoms with Crippen molar-refractivity contribution in [1.29, 1.82) is 0 Å². The van der Waals surface area contributed by atoms with Crippen molar-refractivity contribution in [3.63, 3.8) is 0 Å². The molecule has 0 unspecified atom stereocenters. The van der Waals surface area contributed by atoms with Crippen LogP contribution in [-0.2, 0) is 9.53 Å².